The highest BCUT2D eigenvalue weighted by atomic mass is 16.6. The summed E-state index contributed by atoms with van der Waals surface area (Å²) in [5, 5.41) is 29.0. The number of carboxylic acids is 1. The third-order valence-corrected chi connectivity index (χ3v) is 2.98. The molecule has 0 aromatic heterocycles. The predicted molar refractivity (Wildman–Crippen MR) is 68.1 cm³/mol. The van der Waals surface area contributed by atoms with Crippen LogP contribution < -0.4 is 0 Å². The van der Waals surface area contributed by atoms with E-state index < -0.39 is 16.6 Å². The molecule has 0 aliphatic heterocycles. The summed E-state index contributed by atoms with van der Waals surface area (Å²) in [6.07, 6.45) is 0. The van der Waals surface area contributed by atoms with Crippen LogP contribution in [0.2, 0.25) is 0 Å². The zero-order chi connectivity index (χ0) is 14.6. The number of aliphatic hydroxyl groups excluding tert-OH is 1. The van der Waals surface area contributed by atoms with Crippen LogP contribution in [0.5, 0.6) is 0 Å². The quantitative estimate of drug-likeness (QED) is 0.591. The van der Waals surface area contributed by atoms with E-state index in [1.54, 1.807) is 18.9 Å². The van der Waals surface area contributed by atoms with Gasteiger partial charge in [-0.15, -0.1) is 0 Å². The number of rotatable bonds is 6. The fourth-order valence-electron chi connectivity index (χ4n) is 1.68. The fraction of sp³-hybridized carbons (Fsp3) is 0.417. The number of hydrogen-bond donors (Lipinski definition) is 2. The van der Waals surface area contributed by atoms with Crippen molar-refractivity contribution in [2.24, 2.45) is 0 Å². The van der Waals surface area contributed by atoms with E-state index in [0.29, 0.717) is 5.56 Å². The van der Waals surface area contributed by atoms with Gasteiger partial charge >= 0.3 is 5.97 Å². The van der Waals surface area contributed by atoms with Crippen molar-refractivity contribution >= 4 is 11.7 Å². The second-order valence-electron chi connectivity index (χ2n) is 4.32. The van der Waals surface area contributed by atoms with E-state index in [1.807, 2.05) is 0 Å². The number of likely N-dealkylation sites (N-methyl/N-ethyl adjacent to an activating group) is 1. The van der Waals surface area contributed by atoms with Crippen molar-refractivity contribution in [3.63, 3.8) is 0 Å². The molecule has 0 saturated heterocycles. The number of carboxylic acid groups (broad SMARTS) is 1. The number of nitrogens with zero attached hydrogens (tertiary/aromatic N) is 2. The summed E-state index contributed by atoms with van der Waals surface area (Å²) in [5.41, 5.74) is -0.371. The van der Waals surface area contributed by atoms with Gasteiger partial charge in [-0.3, -0.25) is 15.0 Å². The Morgan fingerprint density at radius 1 is 1.53 bits per heavy atom. The number of aliphatic hydroxyl groups is 1. The number of hydrogen-bond acceptors (Lipinski definition) is 5. The molecule has 1 unspecified atom stereocenters. The summed E-state index contributed by atoms with van der Waals surface area (Å²) >= 11 is 0. The first-order valence-corrected chi connectivity index (χ1v) is 5.69. The van der Waals surface area contributed by atoms with Gasteiger partial charge in [0.25, 0.3) is 5.69 Å². The molecular weight excluding hydrogens is 252 g/mol. The minimum absolute atomic E-state index is 0.0756. The molecule has 1 aromatic rings. The van der Waals surface area contributed by atoms with Crippen molar-refractivity contribution in [1.82, 2.24) is 4.90 Å². The number of nitro benzene ring substituents is 1. The highest BCUT2D eigenvalue weighted by Gasteiger charge is 2.24. The molecule has 0 radical (unpaired) electrons. The summed E-state index contributed by atoms with van der Waals surface area (Å²) in [5.74, 6) is -1.33. The molecule has 0 aliphatic carbocycles. The Bertz CT molecular complexity index is 489. The van der Waals surface area contributed by atoms with E-state index in [4.69, 9.17) is 10.2 Å². The first-order chi connectivity index (χ1) is 8.88. The average Bonchev–Trinajstić information content (AvgIpc) is 2.36. The molecule has 0 heterocycles. The predicted octanol–water partition coefficient (Wildman–Crippen LogP) is 1.11. The maximum Gasteiger partial charge on any atom is 0.343 e. The average molecular weight is 268 g/mol. The van der Waals surface area contributed by atoms with Crippen LogP contribution in [0.4, 0.5) is 5.69 Å². The second-order valence-corrected chi connectivity index (χ2v) is 4.32. The van der Waals surface area contributed by atoms with Gasteiger partial charge in [0.1, 0.15) is 5.56 Å². The van der Waals surface area contributed by atoms with Crippen molar-refractivity contribution in [2.75, 3.05) is 13.7 Å². The first kappa shape index (κ1) is 15.1. The summed E-state index contributed by atoms with van der Waals surface area (Å²) < 4.78 is 0. The Balaban J connectivity index is 3.17. The molecule has 0 spiro atoms. The molecule has 7 nitrogen and oxygen atoms in total. The smallest absolute Gasteiger partial charge is 0.343 e. The first-order valence-electron chi connectivity index (χ1n) is 5.69. The second kappa shape index (κ2) is 6.26. The van der Waals surface area contributed by atoms with Crippen LogP contribution in [0.1, 0.15) is 22.8 Å². The van der Waals surface area contributed by atoms with E-state index in [-0.39, 0.29) is 24.8 Å². The molecule has 2 N–H and O–H groups in total. The Morgan fingerprint density at radius 3 is 2.63 bits per heavy atom. The van der Waals surface area contributed by atoms with Crippen LogP contribution in [-0.2, 0) is 6.54 Å². The van der Waals surface area contributed by atoms with Crippen molar-refractivity contribution in [1.29, 1.82) is 0 Å². The van der Waals surface area contributed by atoms with Gasteiger partial charge in [0.05, 0.1) is 11.5 Å². The maximum absolute atomic E-state index is 11.2. The van der Waals surface area contributed by atoms with E-state index in [0.717, 1.165) is 0 Å². The van der Waals surface area contributed by atoms with E-state index in [9.17, 15) is 14.9 Å². The Labute approximate surface area is 110 Å². The number of carbonyl (C=O) groups is 1. The van der Waals surface area contributed by atoms with Crippen LogP contribution in [0.3, 0.4) is 0 Å². The largest absolute Gasteiger partial charge is 0.477 e. The minimum Gasteiger partial charge on any atom is -0.477 e. The zero-order valence-corrected chi connectivity index (χ0v) is 10.7. The minimum atomic E-state index is -1.33. The van der Waals surface area contributed by atoms with Crippen LogP contribution >= 0.6 is 0 Å². The molecule has 19 heavy (non-hydrogen) atoms. The zero-order valence-electron chi connectivity index (χ0n) is 10.7. The van der Waals surface area contributed by atoms with Gasteiger partial charge < -0.3 is 10.2 Å². The number of benzene rings is 1. The number of nitro groups is 1. The SMILES string of the molecule is CC(CO)N(C)Cc1cccc([N+](=O)[O-])c1C(=O)O. The van der Waals surface area contributed by atoms with Crippen LogP contribution in [0.25, 0.3) is 0 Å². The Morgan fingerprint density at radius 2 is 2.16 bits per heavy atom. The van der Waals surface area contributed by atoms with Gasteiger partial charge in [0.2, 0.25) is 0 Å². The topological polar surface area (TPSA) is 104 Å². The van der Waals surface area contributed by atoms with Gasteiger partial charge in [0, 0.05) is 18.7 Å². The van der Waals surface area contributed by atoms with Crippen molar-refractivity contribution in [3.05, 3.63) is 39.4 Å². The Hall–Kier alpha value is -1.99. The molecule has 1 aromatic carbocycles. The molecule has 104 valence electrons. The fourth-order valence-corrected chi connectivity index (χ4v) is 1.68. The van der Waals surface area contributed by atoms with Crippen molar-refractivity contribution < 1.29 is 19.9 Å². The third kappa shape index (κ3) is 3.49. The van der Waals surface area contributed by atoms with Crippen molar-refractivity contribution in [2.45, 2.75) is 19.5 Å². The maximum atomic E-state index is 11.2. The molecule has 1 rings (SSSR count). The molecule has 0 amide bonds. The highest BCUT2D eigenvalue weighted by molar-refractivity contribution is 5.94. The van der Waals surface area contributed by atoms with Crippen LogP contribution in [-0.4, -0.2) is 45.7 Å². The molecule has 0 fully saturated rings. The molecule has 0 saturated carbocycles. The van der Waals surface area contributed by atoms with E-state index in [2.05, 4.69) is 0 Å². The van der Waals surface area contributed by atoms with Crippen LogP contribution in [0, 0.1) is 10.1 Å². The van der Waals surface area contributed by atoms with E-state index >= 15 is 0 Å². The number of aromatic carboxylic acids is 1. The standard InChI is InChI=1S/C12H16N2O5/c1-8(7-15)13(2)6-9-4-3-5-10(14(18)19)11(9)12(16)17/h3-5,8,15H,6-7H2,1-2H3,(H,16,17). The third-order valence-electron chi connectivity index (χ3n) is 2.98. The summed E-state index contributed by atoms with van der Waals surface area (Å²) in [6.45, 7) is 1.91. The lowest BCUT2D eigenvalue weighted by atomic mass is 10.0. The highest BCUT2D eigenvalue weighted by Crippen LogP contribution is 2.23. The van der Waals surface area contributed by atoms with Gasteiger partial charge in [-0.05, 0) is 19.5 Å². The van der Waals surface area contributed by atoms with Gasteiger partial charge in [0.15, 0.2) is 0 Å². The lowest BCUT2D eigenvalue weighted by Crippen LogP contribution is -2.32. The van der Waals surface area contributed by atoms with Crippen LogP contribution in [0.15, 0.2) is 18.2 Å². The molecule has 0 aliphatic rings. The van der Waals surface area contributed by atoms with Crippen molar-refractivity contribution in [3.8, 4) is 0 Å². The normalized spacial score (nSPS) is 12.4. The summed E-state index contributed by atoms with van der Waals surface area (Å²) in [4.78, 5) is 23.1. The lowest BCUT2D eigenvalue weighted by Gasteiger charge is -2.23. The van der Waals surface area contributed by atoms with E-state index in [1.165, 1.54) is 18.2 Å². The molecule has 7 heteroatoms. The molecule has 1 atom stereocenters. The molecular formula is C12H16N2O5. The van der Waals surface area contributed by atoms with Gasteiger partial charge in [-0.25, -0.2) is 4.79 Å². The van der Waals surface area contributed by atoms with Gasteiger partial charge in [-0.2, -0.15) is 0 Å². The monoisotopic (exact) mass is 268 g/mol. The van der Waals surface area contributed by atoms with Gasteiger partial charge in [-0.1, -0.05) is 12.1 Å². The summed E-state index contributed by atoms with van der Waals surface area (Å²) in [7, 11) is 1.71. The Kier molecular flexibility index (Phi) is 4.96. The lowest BCUT2D eigenvalue weighted by molar-refractivity contribution is -0.385. The summed E-state index contributed by atoms with van der Waals surface area (Å²) in [6, 6.07) is 4.00. The molecule has 0 bridgehead atoms.